The zero-order valence-corrected chi connectivity index (χ0v) is 12.1. The first-order valence-corrected chi connectivity index (χ1v) is 7.13. The van der Waals surface area contributed by atoms with E-state index in [-0.39, 0.29) is 18.1 Å². The van der Waals surface area contributed by atoms with Gasteiger partial charge in [-0.05, 0) is 30.2 Å². The molecule has 1 fully saturated rings. The molecule has 0 aliphatic carbocycles. The molecule has 0 radical (unpaired) electrons. The topological polar surface area (TPSA) is 64.5 Å². The standard InChI is InChI=1S/C15H13ClN2O3/c1-7-2-3-8(10(19)4-7)14-9-5-12-20-6-11(21-12)13(9)15(16)18-17-14/h2-4,11-12,19H,5-6H2,1H3/t11-,12-/m0/s1. The molecule has 3 heterocycles. The maximum Gasteiger partial charge on any atom is 0.162 e. The second kappa shape index (κ2) is 4.66. The summed E-state index contributed by atoms with van der Waals surface area (Å²) in [6.45, 7) is 2.40. The number of rotatable bonds is 1. The summed E-state index contributed by atoms with van der Waals surface area (Å²) in [5.74, 6) is 0.188. The lowest BCUT2D eigenvalue weighted by molar-refractivity contribution is -0.0639. The number of ether oxygens (including phenoxy) is 2. The van der Waals surface area contributed by atoms with Crippen LogP contribution in [0.5, 0.6) is 5.75 Å². The quantitative estimate of drug-likeness (QED) is 0.877. The molecule has 0 amide bonds. The van der Waals surface area contributed by atoms with Crippen LogP contribution in [0.2, 0.25) is 5.15 Å². The average molecular weight is 305 g/mol. The average Bonchev–Trinajstić information content (AvgIpc) is 2.82. The molecule has 2 aliphatic heterocycles. The lowest BCUT2D eigenvalue weighted by atomic mass is 9.94. The Kier molecular flexibility index (Phi) is 2.89. The highest BCUT2D eigenvalue weighted by molar-refractivity contribution is 6.30. The van der Waals surface area contributed by atoms with Gasteiger partial charge in [0.15, 0.2) is 11.4 Å². The van der Waals surface area contributed by atoms with Crippen molar-refractivity contribution in [3.05, 3.63) is 40.0 Å². The van der Waals surface area contributed by atoms with Gasteiger partial charge in [-0.15, -0.1) is 10.2 Å². The molecule has 1 saturated heterocycles. The Morgan fingerprint density at radius 1 is 1.33 bits per heavy atom. The first kappa shape index (κ1) is 13.0. The van der Waals surface area contributed by atoms with E-state index in [9.17, 15) is 5.11 Å². The Labute approximate surface area is 126 Å². The predicted molar refractivity (Wildman–Crippen MR) is 76.1 cm³/mol. The van der Waals surface area contributed by atoms with Gasteiger partial charge in [0.25, 0.3) is 0 Å². The van der Waals surface area contributed by atoms with Gasteiger partial charge < -0.3 is 14.6 Å². The van der Waals surface area contributed by atoms with Crippen LogP contribution in [0.15, 0.2) is 18.2 Å². The summed E-state index contributed by atoms with van der Waals surface area (Å²) >= 11 is 6.19. The smallest absolute Gasteiger partial charge is 0.162 e. The number of benzene rings is 1. The van der Waals surface area contributed by atoms with Gasteiger partial charge in [0.05, 0.1) is 6.61 Å². The van der Waals surface area contributed by atoms with E-state index in [1.807, 2.05) is 19.1 Å². The summed E-state index contributed by atoms with van der Waals surface area (Å²) in [6, 6.07) is 5.49. The minimum atomic E-state index is -0.269. The Hall–Kier alpha value is -1.69. The summed E-state index contributed by atoms with van der Waals surface area (Å²) in [7, 11) is 0. The van der Waals surface area contributed by atoms with Crippen LogP contribution in [0.1, 0.15) is 22.8 Å². The fourth-order valence-corrected chi connectivity index (χ4v) is 3.21. The van der Waals surface area contributed by atoms with E-state index in [0.29, 0.717) is 29.4 Å². The van der Waals surface area contributed by atoms with Gasteiger partial charge in [-0.3, -0.25) is 0 Å². The van der Waals surface area contributed by atoms with E-state index in [4.69, 9.17) is 21.1 Å². The molecule has 2 atom stereocenters. The fraction of sp³-hybridized carbons (Fsp3) is 0.333. The Balaban J connectivity index is 1.93. The lowest BCUT2D eigenvalue weighted by Crippen LogP contribution is -2.21. The summed E-state index contributed by atoms with van der Waals surface area (Å²) in [4.78, 5) is 0. The molecule has 5 nitrogen and oxygen atoms in total. The lowest BCUT2D eigenvalue weighted by Gasteiger charge is -2.24. The molecular formula is C15H13ClN2O3. The molecule has 4 rings (SSSR count). The highest BCUT2D eigenvalue weighted by Crippen LogP contribution is 2.43. The van der Waals surface area contributed by atoms with Crippen molar-refractivity contribution >= 4 is 11.6 Å². The van der Waals surface area contributed by atoms with Crippen molar-refractivity contribution in [3.8, 4) is 17.0 Å². The molecule has 2 bridgehead atoms. The van der Waals surface area contributed by atoms with Crippen LogP contribution in [-0.2, 0) is 15.9 Å². The first-order valence-electron chi connectivity index (χ1n) is 6.75. The normalized spacial score (nSPS) is 23.1. The Bertz CT molecular complexity index is 735. The van der Waals surface area contributed by atoms with Crippen LogP contribution in [0.25, 0.3) is 11.3 Å². The highest BCUT2D eigenvalue weighted by atomic mass is 35.5. The van der Waals surface area contributed by atoms with Crippen molar-refractivity contribution < 1.29 is 14.6 Å². The first-order chi connectivity index (χ1) is 10.1. The number of nitrogens with zero attached hydrogens (tertiary/aromatic N) is 2. The van der Waals surface area contributed by atoms with Gasteiger partial charge in [-0.2, -0.15) is 0 Å². The third-order valence-electron chi connectivity index (χ3n) is 3.92. The molecule has 0 saturated carbocycles. The number of halogens is 1. The minimum Gasteiger partial charge on any atom is -0.507 e. The maximum absolute atomic E-state index is 10.2. The molecule has 6 heteroatoms. The fourth-order valence-electron chi connectivity index (χ4n) is 2.93. The summed E-state index contributed by atoms with van der Waals surface area (Å²) in [5.41, 5.74) is 4.07. The van der Waals surface area contributed by atoms with Gasteiger partial charge >= 0.3 is 0 Å². The molecule has 0 spiro atoms. The zero-order chi connectivity index (χ0) is 14.6. The number of fused-ring (bicyclic) bond motifs is 4. The highest BCUT2D eigenvalue weighted by Gasteiger charge is 2.38. The van der Waals surface area contributed by atoms with Gasteiger partial charge in [0, 0.05) is 17.5 Å². The molecule has 108 valence electrons. The summed E-state index contributed by atoms with van der Waals surface area (Å²) in [6.07, 6.45) is 0.0891. The van der Waals surface area contributed by atoms with Gasteiger partial charge in [-0.25, -0.2) is 0 Å². The van der Waals surface area contributed by atoms with E-state index in [2.05, 4.69) is 10.2 Å². The molecule has 1 aromatic heterocycles. The number of phenolic OH excluding ortho intramolecular Hbond substituents is 1. The van der Waals surface area contributed by atoms with Crippen LogP contribution in [-0.4, -0.2) is 28.2 Å². The van der Waals surface area contributed by atoms with E-state index >= 15 is 0 Å². The van der Waals surface area contributed by atoms with E-state index in [1.165, 1.54) is 0 Å². The van der Waals surface area contributed by atoms with Gasteiger partial charge in [0.2, 0.25) is 0 Å². The van der Waals surface area contributed by atoms with Crippen molar-refractivity contribution in [1.29, 1.82) is 0 Å². The molecule has 1 aromatic carbocycles. The Morgan fingerprint density at radius 3 is 3.00 bits per heavy atom. The van der Waals surface area contributed by atoms with Crippen molar-refractivity contribution in [2.45, 2.75) is 25.7 Å². The maximum atomic E-state index is 10.2. The second-order valence-electron chi connectivity index (χ2n) is 5.34. The second-order valence-corrected chi connectivity index (χ2v) is 5.70. The van der Waals surface area contributed by atoms with Crippen LogP contribution < -0.4 is 0 Å². The molecular weight excluding hydrogens is 292 g/mol. The Morgan fingerprint density at radius 2 is 2.19 bits per heavy atom. The van der Waals surface area contributed by atoms with E-state index in [1.54, 1.807) is 6.07 Å². The van der Waals surface area contributed by atoms with Crippen molar-refractivity contribution in [3.63, 3.8) is 0 Å². The van der Waals surface area contributed by atoms with Crippen LogP contribution in [0.4, 0.5) is 0 Å². The van der Waals surface area contributed by atoms with Gasteiger partial charge in [0.1, 0.15) is 17.5 Å². The molecule has 2 aliphatic rings. The summed E-state index contributed by atoms with van der Waals surface area (Å²) in [5, 5.41) is 18.8. The van der Waals surface area contributed by atoms with Gasteiger partial charge in [-0.1, -0.05) is 17.7 Å². The van der Waals surface area contributed by atoms with Crippen molar-refractivity contribution in [1.82, 2.24) is 10.2 Å². The number of aryl methyl sites for hydroxylation is 1. The molecule has 0 unspecified atom stereocenters. The van der Waals surface area contributed by atoms with Crippen LogP contribution >= 0.6 is 11.6 Å². The number of aromatic nitrogens is 2. The summed E-state index contributed by atoms with van der Waals surface area (Å²) < 4.78 is 11.3. The van der Waals surface area contributed by atoms with Crippen molar-refractivity contribution in [2.75, 3.05) is 6.61 Å². The van der Waals surface area contributed by atoms with Crippen LogP contribution in [0, 0.1) is 6.92 Å². The largest absolute Gasteiger partial charge is 0.507 e. The van der Waals surface area contributed by atoms with Crippen LogP contribution in [0.3, 0.4) is 0 Å². The van der Waals surface area contributed by atoms with E-state index < -0.39 is 0 Å². The minimum absolute atomic E-state index is 0.188. The molecule has 2 aromatic rings. The third kappa shape index (κ3) is 2.00. The third-order valence-corrected chi connectivity index (χ3v) is 4.20. The SMILES string of the molecule is Cc1ccc(-c2nnc(Cl)c3c2C[C@H]2OC[C@@H]3O2)c(O)c1. The monoisotopic (exact) mass is 304 g/mol. The number of aromatic hydroxyl groups is 1. The number of hydrogen-bond acceptors (Lipinski definition) is 5. The zero-order valence-electron chi connectivity index (χ0n) is 11.3. The number of hydrogen-bond donors (Lipinski definition) is 1. The predicted octanol–water partition coefficient (Wildman–Crippen LogP) is 2.78. The number of phenols is 1. The molecule has 1 N–H and O–H groups in total. The van der Waals surface area contributed by atoms with Crippen molar-refractivity contribution in [2.24, 2.45) is 0 Å². The molecule has 21 heavy (non-hydrogen) atoms. The van der Waals surface area contributed by atoms with E-state index in [0.717, 1.165) is 16.7 Å².